The molecule has 1 fully saturated rings. The average Bonchev–Trinajstić information content (AvgIpc) is 2.26. The molecular formula is C13H24BrNO2. The van der Waals surface area contributed by atoms with E-state index in [-0.39, 0.29) is 18.1 Å². The summed E-state index contributed by atoms with van der Waals surface area (Å²) in [5, 5.41) is 4.07. The Morgan fingerprint density at radius 3 is 2.59 bits per heavy atom. The van der Waals surface area contributed by atoms with E-state index in [0.717, 1.165) is 11.8 Å². The number of alkyl halides is 1. The van der Waals surface area contributed by atoms with E-state index in [4.69, 9.17) is 4.74 Å². The molecule has 1 N–H and O–H groups in total. The summed E-state index contributed by atoms with van der Waals surface area (Å²) in [6.07, 6.45) is 4.80. The van der Waals surface area contributed by atoms with E-state index in [1.807, 2.05) is 20.8 Å². The van der Waals surface area contributed by atoms with Gasteiger partial charge < -0.3 is 10.1 Å². The zero-order valence-corrected chi connectivity index (χ0v) is 12.7. The van der Waals surface area contributed by atoms with Crippen LogP contribution in [0.2, 0.25) is 0 Å². The predicted molar refractivity (Wildman–Crippen MR) is 73.4 cm³/mol. The van der Waals surface area contributed by atoms with E-state index < -0.39 is 0 Å². The SMILES string of the molecule is CC(C)(C)OCC(=O)NC1CCCCC1CBr. The van der Waals surface area contributed by atoms with Crippen LogP contribution >= 0.6 is 15.9 Å². The van der Waals surface area contributed by atoms with Crippen LogP contribution in [0.3, 0.4) is 0 Å². The third-order valence-electron chi connectivity index (χ3n) is 3.09. The van der Waals surface area contributed by atoms with Crippen LogP contribution < -0.4 is 5.32 Å². The third-order valence-corrected chi connectivity index (χ3v) is 3.92. The lowest BCUT2D eigenvalue weighted by Gasteiger charge is -2.31. The molecule has 1 aliphatic rings. The van der Waals surface area contributed by atoms with Crippen LogP contribution in [-0.4, -0.2) is 29.5 Å². The Morgan fingerprint density at radius 1 is 1.35 bits per heavy atom. The first kappa shape index (κ1) is 15.0. The van der Waals surface area contributed by atoms with Crippen molar-refractivity contribution in [2.45, 2.75) is 58.1 Å². The van der Waals surface area contributed by atoms with Crippen LogP contribution in [-0.2, 0) is 9.53 Å². The van der Waals surface area contributed by atoms with Gasteiger partial charge in [0.1, 0.15) is 6.61 Å². The van der Waals surface area contributed by atoms with Crippen LogP contribution in [0.15, 0.2) is 0 Å². The molecule has 0 aromatic heterocycles. The van der Waals surface area contributed by atoms with Gasteiger partial charge in [0.15, 0.2) is 0 Å². The number of rotatable bonds is 4. The van der Waals surface area contributed by atoms with Gasteiger partial charge in [-0.05, 0) is 39.5 Å². The molecule has 0 bridgehead atoms. The monoisotopic (exact) mass is 305 g/mol. The Bertz CT molecular complexity index is 250. The van der Waals surface area contributed by atoms with Gasteiger partial charge in [0.05, 0.1) is 5.60 Å². The molecule has 17 heavy (non-hydrogen) atoms. The van der Waals surface area contributed by atoms with Crippen LogP contribution in [0, 0.1) is 5.92 Å². The molecule has 3 nitrogen and oxygen atoms in total. The second-order valence-electron chi connectivity index (χ2n) is 5.77. The van der Waals surface area contributed by atoms with Gasteiger partial charge >= 0.3 is 0 Å². The number of hydrogen-bond acceptors (Lipinski definition) is 2. The summed E-state index contributed by atoms with van der Waals surface area (Å²) in [4.78, 5) is 11.8. The highest BCUT2D eigenvalue weighted by Crippen LogP contribution is 2.25. The molecule has 0 aliphatic heterocycles. The molecule has 1 saturated carbocycles. The van der Waals surface area contributed by atoms with Crippen molar-refractivity contribution in [3.05, 3.63) is 0 Å². The highest BCUT2D eigenvalue weighted by molar-refractivity contribution is 9.09. The summed E-state index contributed by atoms with van der Waals surface area (Å²) in [7, 11) is 0. The van der Waals surface area contributed by atoms with E-state index in [0.29, 0.717) is 12.0 Å². The summed E-state index contributed by atoms with van der Waals surface area (Å²) in [6.45, 7) is 6.04. The van der Waals surface area contributed by atoms with Crippen molar-refractivity contribution in [1.82, 2.24) is 5.32 Å². The number of hydrogen-bond donors (Lipinski definition) is 1. The Kier molecular flexibility index (Phi) is 5.93. The van der Waals surface area contributed by atoms with Crippen LogP contribution in [0.25, 0.3) is 0 Å². The maximum Gasteiger partial charge on any atom is 0.246 e. The smallest absolute Gasteiger partial charge is 0.246 e. The summed E-state index contributed by atoms with van der Waals surface area (Å²) in [5.41, 5.74) is -0.251. The molecule has 0 radical (unpaired) electrons. The highest BCUT2D eigenvalue weighted by Gasteiger charge is 2.25. The Hall–Kier alpha value is -0.0900. The first-order valence-electron chi connectivity index (χ1n) is 6.41. The quantitative estimate of drug-likeness (QED) is 0.811. The fraction of sp³-hybridized carbons (Fsp3) is 0.923. The van der Waals surface area contributed by atoms with Crippen molar-refractivity contribution in [2.24, 2.45) is 5.92 Å². The lowest BCUT2D eigenvalue weighted by Crippen LogP contribution is -2.44. The minimum absolute atomic E-state index is 0.0118. The van der Waals surface area contributed by atoms with E-state index in [2.05, 4.69) is 21.2 Å². The van der Waals surface area contributed by atoms with E-state index in [1.54, 1.807) is 0 Å². The molecule has 2 atom stereocenters. The van der Waals surface area contributed by atoms with Crippen molar-refractivity contribution in [3.63, 3.8) is 0 Å². The summed E-state index contributed by atoms with van der Waals surface area (Å²) < 4.78 is 5.48. The van der Waals surface area contributed by atoms with E-state index in [1.165, 1.54) is 19.3 Å². The lowest BCUT2D eigenvalue weighted by molar-refractivity contribution is -0.131. The summed E-state index contributed by atoms with van der Waals surface area (Å²) >= 11 is 3.53. The fourth-order valence-electron chi connectivity index (χ4n) is 2.11. The number of ether oxygens (including phenoxy) is 1. The topological polar surface area (TPSA) is 38.3 Å². The van der Waals surface area contributed by atoms with E-state index in [9.17, 15) is 4.79 Å². The molecule has 0 heterocycles. The molecule has 1 rings (SSSR count). The third kappa shape index (κ3) is 5.87. The van der Waals surface area contributed by atoms with Gasteiger partial charge in [0.25, 0.3) is 0 Å². The Balaban J connectivity index is 2.33. The van der Waals surface area contributed by atoms with E-state index >= 15 is 0 Å². The molecule has 1 amide bonds. The standard InChI is InChI=1S/C13H24BrNO2/c1-13(2,3)17-9-12(16)15-11-7-5-4-6-10(11)8-14/h10-11H,4-9H2,1-3H3,(H,15,16). The molecule has 4 heteroatoms. The lowest BCUT2D eigenvalue weighted by atomic mass is 9.86. The van der Waals surface area contributed by atoms with Gasteiger partial charge in [-0.3, -0.25) is 4.79 Å². The predicted octanol–water partition coefficient (Wildman–Crippen LogP) is 2.87. The number of amides is 1. The largest absolute Gasteiger partial charge is 0.366 e. The molecule has 0 aromatic carbocycles. The molecule has 2 unspecified atom stereocenters. The van der Waals surface area contributed by atoms with Gasteiger partial charge in [-0.1, -0.05) is 28.8 Å². The van der Waals surface area contributed by atoms with Crippen molar-refractivity contribution < 1.29 is 9.53 Å². The minimum Gasteiger partial charge on any atom is -0.366 e. The molecular weight excluding hydrogens is 282 g/mol. The van der Waals surface area contributed by atoms with Crippen molar-refractivity contribution in [3.8, 4) is 0 Å². The van der Waals surface area contributed by atoms with Gasteiger partial charge in [-0.2, -0.15) is 0 Å². The second kappa shape index (κ2) is 6.74. The summed E-state index contributed by atoms with van der Waals surface area (Å²) in [6, 6.07) is 0.319. The number of nitrogens with one attached hydrogen (secondary N) is 1. The van der Waals surface area contributed by atoms with Gasteiger partial charge in [-0.25, -0.2) is 0 Å². The van der Waals surface area contributed by atoms with Crippen LogP contribution in [0.5, 0.6) is 0 Å². The average molecular weight is 306 g/mol. The first-order chi connectivity index (χ1) is 7.92. The maximum absolute atomic E-state index is 11.8. The Morgan fingerprint density at radius 2 is 2.00 bits per heavy atom. The molecule has 0 saturated heterocycles. The number of halogens is 1. The molecule has 100 valence electrons. The maximum atomic E-state index is 11.8. The molecule has 1 aliphatic carbocycles. The minimum atomic E-state index is -0.251. The summed E-state index contributed by atoms with van der Waals surface area (Å²) in [5.74, 6) is 0.583. The Labute approximate surface area is 113 Å². The molecule has 0 spiro atoms. The second-order valence-corrected chi connectivity index (χ2v) is 6.42. The zero-order chi connectivity index (χ0) is 12.9. The van der Waals surface area contributed by atoms with Crippen molar-refractivity contribution in [1.29, 1.82) is 0 Å². The van der Waals surface area contributed by atoms with Crippen LogP contribution in [0.4, 0.5) is 0 Å². The number of carbonyl (C=O) groups excluding carboxylic acids is 1. The van der Waals surface area contributed by atoms with Gasteiger partial charge in [0, 0.05) is 11.4 Å². The zero-order valence-electron chi connectivity index (χ0n) is 11.1. The van der Waals surface area contributed by atoms with Crippen molar-refractivity contribution in [2.75, 3.05) is 11.9 Å². The molecule has 0 aromatic rings. The van der Waals surface area contributed by atoms with Crippen LogP contribution in [0.1, 0.15) is 46.5 Å². The highest BCUT2D eigenvalue weighted by atomic mass is 79.9. The normalized spacial score (nSPS) is 25.6. The van der Waals surface area contributed by atoms with Gasteiger partial charge in [0.2, 0.25) is 5.91 Å². The van der Waals surface area contributed by atoms with Gasteiger partial charge in [-0.15, -0.1) is 0 Å². The van der Waals surface area contributed by atoms with Crippen molar-refractivity contribution >= 4 is 21.8 Å². The fourth-order valence-corrected chi connectivity index (χ4v) is 2.89. The first-order valence-corrected chi connectivity index (χ1v) is 7.54. The number of carbonyl (C=O) groups is 1.